The maximum absolute atomic E-state index is 13.1. The summed E-state index contributed by atoms with van der Waals surface area (Å²) in [4.78, 5) is 13.1. The predicted molar refractivity (Wildman–Crippen MR) is 290 cm³/mol. The van der Waals surface area contributed by atoms with Crippen LogP contribution in [0.5, 0.6) is 0 Å². The molecule has 2 rings (SSSR count). The van der Waals surface area contributed by atoms with Crippen LogP contribution in [0.4, 0.5) is 0 Å². The predicted octanol–water partition coefficient (Wildman–Crippen LogP) is 9.16. The Morgan fingerprint density at radius 3 is 1.44 bits per heavy atom. The smallest absolute Gasteiger partial charge is 0.220 e. The van der Waals surface area contributed by atoms with Crippen molar-refractivity contribution in [2.75, 3.05) is 19.8 Å². The Balaban J connectivity index is 1.51. The lowest BCUT2D eigenvalue weighted by atomic mass is 9.97. The van der Waals surface area contributed by atoms with Gasteiger partial charge in [0.1, 0.15) is 48.8 Å². The van der Waals surface area contributed by atoms with E-state index in [0.717, 1.165) is 70.6 Å². The molecule has 9 N–H and O–H groups in total. The van der Waals surface area contributed by atoms with E-state index in [-0.39, 0.29) is 18.9 Å². The van der Waals surface area contributed by atoms with E-state index in [1.165, 1.54) is 103 Å². The van der Waals surface area contributed by atoms with Crippen molar-refractivity contribution in [2.45, 2.75) is 274 Å². The van der Waals surface area contributed by atoms with Crippen LogP contribution < -0.4 is 5.32 Å². The Morgan fingerprint density at radius 2 is 0.945 bits per heavy atom. The van der Waals surface area contributed by atoms with Gasteiger partial charge >= 0.3 is 0 Å². The molecule has 2 fully saturated rings. The van der Waals surface area contributed by atoms with E-state index < -0.39 is 86.8 Å². The van der Waals surface area contributed by atoms with Crippen LogP contribution in [0.3, 0.4) is 0 Å². The van der Waals surface area contributed by atoms with Gasteiger partial charge in [-0.3, -0.25) is 4.79 Å². The number of rotatable bonds is 44. The molecule has 73 heavy (non-hydrogen) atoms. The van der Waals surface area contributed by atoms with Crippen molar-refractivity contribution in [2.24, 2.45) is 0 Å². The zero-order chi connectivity index (χ0) is 53.2. The number of aliphatic hydroxyl groups excluding tert-OH is 8. The minimum atomic E-state index is -1.79. The molecule has 422 valence electrons. The Kier molecular flexibility index (Phi) is 40.6. The second-order valence-electron chi connectivity index (χ2n) is 20.0. The van der Waals surface area contributed by atoms with E-state index in [0.29, 0.717) is 6.42 Å². The van der Waals surface area contributed by atoms with E-state index in [1.807, 2.05) is 6.08 Å². The van der Waals surface area contributed by atoms with Gasteiger partial charge < -0.3 is 65.1 Å². The number of unbranched alkanes of at least 4 members (excludes halogenated alkanes) is 21. The van der Waals surface area contributed by atoms with Crippen LogP contribution in [0.15, 0.2) is 72.9 Å². The molecule has 0 aromatic rings. The first-order chi connectivity index (χ1) is 35.6. The molecule has 1 amide bonds. The molecular weight excluding hydrogens is 931 g/mol. The van der Waals surface area contributed by atoms with Crippen molar-refractivity contribution >= 4 is 5.91 Å². The van der Waals surface area contributed by atoms with Gasteiger partial charge in [-0.15, -0.1) is 0 Å². The number of allylic oxidation sites excluding steroid dienone is 11. The first-order valence-corrected chi connectivity index (χ1v) is 28.7. The fourth-order valence-electron chi connectivity index (χ4n) is 9.01. The van der Waals surface area contributed by atoms with Gasteiger partial charge in [-0.25, -0.2) is 0 Å². The van der Waals surface area contributed by atoms with Crippen LogP contribution in [0.1, 0.15) is 200 Å². The number of aliphatic hydroxyl groups is 8. The second kappa shape index (κ2) is 44.5. The monoisotopic (exact) mass is 1030 g/mol. The standard InChI is InChI=1S/C59H103NO13/c1-3-5-7-9-10-11-12-13-14-15-16-17-18-19-20-21-22-23-24-25-26-27-28-29-30-31-32-33-34-35-36-37-38-39-41-43-51(64)60-47(48(63)42-40-8-6-4-2)46-70-58-56(69)54(67)57(50(45-62)72-58)73-59-55(68)53(66)52(65)49(44-61)71-59/h5,7,10-11,13-14,16-17,19-20,40,42,47-50,52-59,61-63,65-69H,3-4,6,8-9,12,15,18,21-39,41,43-46H2,1-2H3,(H,60,64)/b7-5-,11-10-,14-13-,17-16-,20-19-,42-40+. The maximum Gasteiger partial charge on any atom is 0.220 e. The third kappa shape index (κ3) is 30.7. The lowest BCUT2D eigenvalue weighted by molar-refractivity contribution is -0.359. The highest BCUT2D eigenvalue weighted by Crippen LogP contribution is 2.30. The van der Waals surface area contributed by atoms with Gasteiger partial charge in [0.25, 0.3) is 0 Å². The fraction of sp³-hybridized carbons (Fsp3) is 0.780. The minimum Gasteiger partial charge on any atom is -0.394 e. The molecule has 14 nitrogen and oxygen atoms in total. The third-order valence-electron chi connectivity index (χ3n) is 13.6. The quantitative estimate of drug-likeness (QED) is 0.0205. The Bertz CT molecular complexity index is 1500. The maximum atomic E-state index is 13.1. The average Bonchev–Trinajstić information content (AvgIpc) is 3.39. The number of amides is 1. The summed E-state index contributed by atoms with van der Waals surface area (Å²) >= 11 is 0. The van der Waals surface area contributed by atoms with Gasteiger partial charge in [0.15, 0.2) is 12.6 Å². The zero-order valence-electron chi connectivity index (χ0n) is 45.1. The molecule has 2 heterocycles. The van der Waals surface area contributed by atoms with Crippen molar-refractivity contribution in [3.8, 4) is 0 Å². The Hall–Kier alpha value is -2.57. The van der Waals surface area contributed by atoms with Crippen LogP contribution in [0, 0.1) is 0 Å². The van der Waals surface area contributed by atoms with E-state index in [2.05, 4.69) is 79.9 Å². The summed E-state index contributed by atoms with van der Waals surface area (Å²) in [7, 11) is 0. The first kappa shape index (κ1) is 66.5. The van der Waals surface area contributed by atoms with Crippen LogP contribution in [0.25, 0.3) is 0 Å². The molecule has 0 radical (unpaired) electrons. The Labute approximate surface area is 440 Å². The summed E-state index contributed by atoms with van der Waals surface area (Å²) in [6, 6.07) is -0.911. The highest BCUT2D eigenvalue weighted by Gasteiger charge is 2.51. The van der Waals surface area contributed by atoms with Crippen molar-refractivity contribution in [1.82, 2.24) is 5.32 Å². The largest absolute Gasteiger partial charge is 0.394 e. The second-order valence-corrected chi connectivity index (χ2v) is 20.0. The number of hydrogen-bond donors (Lipinski definition) is 9. The molecule has 2 aliphatic rings. The van der Waals surface area contributed by atoms with Crippen LogP contribution in [-0.2, 0) is 23.7 Å². The summed E-state index contributed by atoms with van der Waals surface area (Å²) in [5, 5.41) is 86.2. The molecule has 12 unspecified atom stereocenters. The normalized spacial score (nSPS) is 25.9. The summed E-state index contributed by atoms with van der Waals surface area (Å²) < 4.78 is 22.5. The molecule has 2 saturated heterocycles. The third-order valence-corrected chi connectivity index (χ3v) is 13.6. The van der Waals surface area contributed by atoms with Crippen molar-refractivity contribution in [3.05, 3.63) is 72.9 Å². The highest BCUT2D eigenvalue weighted by atomic mass is 16.7. The molecule has 0 aromatic carbocycles. The topological polar surface area (TPSA) is 228 Å². The molecule has 14 heteroatoms. The summed E-state index contributed by atoms with van der Waals surface area (Å²) in [5.74, 6) is -0.250. The van der Waals surface area contributed by atoms with E-state index >= 15 is 0 Å². The van der Waals surface area contributed by atoms with E-state index in [4.69, 9.17) is 18.9 Å². The number of hydrogen-bond acceptors (Lipinski definition) is 13. The number of carbonyl (C=O) groups excluding carboxylic acids is 1. The average molecular weight is 1030 g/mol. The summed E-state index contributed by atoms with van der Waals surface area (Å²) in [6.07, 6.45) is 42.1. The molecular formula is C59H103NO13. The minimum absolute atomic E-state index is 0.250. The van der Waals surface area contributed by atoms with Crippen molar-refractivity contribution in [1.29, 1.82) is 0 Å². The van der Waals surface area contributed by atoms with Gasteiger partial charge in [0, 0.05) is 6.42 Å². The molecule has 0 aromatic heterocycles. The molecule has 0 aliphatic carbocycles. The van der Waals surface area contributed by atoms with Gasteiger partial charge in [-0.1, -0.05) is 209 Å². The van der Waals surface area contributed by atoms with Gasteiger partial charge in [0.2, 0.25) is 5.91 Å². The summed E-state index contributed by atoms with van der Waals surface area (Å²) in [6.45, 7) is 2.50. The van der Waals surface area contributed by atoms with Crippen molar-refractivity contribution < 1.29 is 64.6 Å². The SMILES string of the molecule is CC/C=C\C/C=C\C/C=C\C/C=C\C/C=C\CCCCCCCCCCCCCCCCCCCCCC(=O)NC(COC1OC(CO)C(OC2OC(CO)C(O)C(O)C2O)C(O)C1O)C(O)/C=C/CCCC. The number of carbonyl (C=O) groups is 1. The Morgan fingerprint density at radius 1 is 0.507 bits per heavy atom. The van der Waals surface area contributed by atoms with Crippen LogP contribution >= 0.6 is 0 Å². The van der Waals surface area contributed by atoms with E-state index in [1.54, 1.807) is 6.08 Å². The van der Waals surface area contributed by atoms with Gasteiger partial charge in [-0.2, -0.15) is 0 Å². The number of nitrogens with one attached hydrogen (secondary N) is 1. The highest BCUT2D eigenvalue weighted by molar-refractivity contribution is 5.76. The number of ether oxygens (including phenoxy) is 4. The lowest BCUT2D eigenvalue weighted by Gasteiger charge is -2.46. The molecule has 0 spiro atoms. The fourth-order valence-corrected chi connectivity index (χ4v) is 9.01. The molecule has 0 bridgehead atoms. The van der Waals surface area contributed by atoms with Crippen LogP contribution in [-0.4, -0.2) is 140 Å². The van der Waals surface area contributed by atoms with E-state index in [9.17, 15) is 45.6 Å². The molecule has 2 aliphatic heterocycles. The zero-order valence-corrected chi connectivity index (χ0v) is 45.1. The first-order valence-electron chi connectivity index (χ1n) is 28.7. The van der Waals surface area contributed by atoms with Crippen molar-refractivity contribution in [3.63, 3.8) is 0 Å². The molecule has 0 saturated carbocycles. The van der Waals surface area contributed by atoms with Gasteiger partial charge in [0.05, 0.1) is 32.0 Å². The summed E-state index contributed by atoms with van der Waals surface area (Å²) in [5.41, 5.74) is 0. The van der Waals surface area contributed by atoms with Crippen LogP contribution in [0.2, 0.25) is 0 Å². The lowest BCUT2D eigenvalue weighted by Crippen LogP contribution is -2.65. The molecule has 12 atom stereocenters. The van der Waals surface area contributed by atoms with Gasteiger partial charge in [-0.05, 0) is 57.8 Å².